The number of methoxy groups -OCH3 is 1. The average Bonchev–Trinajstić information content (AvgIpc) is 2.21. The van der Waals surface area contributed by atoms with Crippen LogP contribution in [0.1, 0.15) is 48.4 Å². The monoisotopic (exact) mass is 233 g/mol. The summed E-state index contributed by atoms with van der Waals surface area (Å²) in [5.41, 5.74) is 10.0. The maximum absolute atomic E-state index is 6.35. The van der Waals surface area contributed by atoms with Crippen LogP contribution in [0.4, 0.5) is 0 Å². The summed E-state index contributed by atoms with van der Waals surface area (Å²) in [6.45, 7) is 4.22. The molecular weight excluding hydrogens is 210 g/mol. The van der Waals surface area contributed by atoms with Gasteiger partial charge < -0.3 is 10.5 Å². The quantitative estimate of drug-likeness (QED) is 0.863. The van der Waals surface area contributed by atoms with Crippen LogP contribution >= 0.6 is 0 Å². The van der Waals surface area contributed by atoms with Gasteiger partial charge in [0.15, 0.2) is 0 Å². The lowest BCUT2D eigenvalue weighted by molar-refractivity contribution is 0.274. The van der Waals surface area contributed by atoms with Crippen molar-refractivity contribution in [3.63, 3.8) is 0 Å². The van der Waals surface area contributed by atoms with Crippen molar-refractivity contribution < 1.29 is 4.74 Å². The molecule has 0 saturated heterocycles. The van der Waals surface area contributed by atoms with E-state index in [1.807, 2.05) is 0 Å². The minimum atomic E-state index is 0.121. The van der Waals surface area contributed by atoms with E-state index >= 15 is 0 Å². The molecule has 0 aliphatic heterocycles. The van der Waals surface area contributed by atoms with Gasteiger partial charge in [0.25, 0.3) is 0 Å². The van der Waals surface area contributed by atoms with Gasteiger partial charge in [-0.05, 0) is 43.4 Å². The minimum Gasteiger partial charge on any atom is -0.496 e. The second-order valence-electron chi connectivity index (χ2n) is 5.34. The molecule has 1 fully saturated rings. The summed E-state index contributed by atoms with van der Waals surface area (Å²) in [6.07, 6.45) is 5.17. The number of aryl methyl sites for hydroxylation is 2. The molecule has 1 aliphatic rings. The molecule has 1 atom stereocenters. The Labute approximate surface area is 104 Å². The Hall–Kier alpha value is -1.02. The van der Waals surface area contributed by atoms with Crippen molar-refractivity contribution in [3.05, 3.63) is 28.8 Å². The van der Waals surface area contributed by atoms with Gasteiger partial charge in [0, 0.05) is 11.6 Å². The minimum absolute atomic E-state index is 0.121. The van der Waals surface area contributed by atoms with E-state index in [1.165, 1.54) is 36.0 Å². The van der Waals surface area contributed by atoms with E-state index in [4.69, 9.17) is 10.5 Å². The summed E-state index contributed by atoms with van der Waals surface area (Å²) in [5, 5.41) is 0. The van der Waals surface area contributed by atoms with Gasteiger partial charge in [-0.2, -0.15) is 0 Å². The fraction of sp³-hybridized carbons (Fsp3) is 0.600. The lowest BCUT2D eigenvalue weighted by Crippen LogP contribution is -2.21. The third kappa shape index (κ3) is 2.63. The summed E-state index contributed by atoms with van der Waals surface area (Å²) in [6, 6.07) is 4.40. The fourth-order valence-electron chi connectivity index (χ4n) is 2.79. The van der Waals surface area contributed by atoms with Gasteiger partial charge >= 0.3 is 0 Å². The van der Waals surface area contributed by atoms with Crippen molar-refractivity contribution in [2.75, 3.05) is 7.11 Å². The van der Waals surface area contributed by atoms with Crippen molar-refractivity contribution in [2.24, 2.45) is 11.7 Å². The molecular formula is C15H23NO. The zero-order chi connectivity index (χ0) is 12.4. The Morgan fingerprint density at radius 1 is 1.35 bits per heavy atom. The Morgan fingerprint density at radius 2 is 2.06 bits per heavy atom. The Kier molecular flexibility index (Phi) is 3.72. The molecule has 2 rings (SSSR count). The van der Waals surface area contributed by atoms with Crippen LogP contribution in [0.2, 0.25) is 0 Å². The summed E-state index contributed by atoms with van der Waals surface area (Å²) in [4.78, 5) is 0. The predicted molar refractivity (Wildman–Crippen MR) is 71.4 cm³/mol. The average molecular weight is 233 g/mol. The number of nitrogens with two attached hydrogens (primary N) is 1. The van der Waals surface area contributed by atoms with Crippen LogP contribution in [0, 0.1) is 19.8 Å². The first-order chi connectivity index (χ1) is 8.11. The molecule has 1 unspecified atom stereocenters. The van der Waals surface area contributed by atoms with Gasteiger partial charge in [0.2, 0.25) is 0 Å². The van der Waals surface area contributed by atoms with Crippen LogP contribution in [0.25, 0.3) is 0 Å². The Balaban J connectivity index is 2.22. The molecule has 0 spiro atoms. The number of benzene rings is 1. The van der Waals surface area contributed by atoms with Crippen molar-refractivity contribution >= 4 is 0 Å². The van der Waals surface area contributed by atoms with E-state index in [0.717, 1.165) is 18.1 Å². The first kappa shape index (κ1) is 12.4. The summed E-state index contributed by atoms with van der Waals surface area (Å²) in [7, 11) is 1.73. The standard InChI is InChI=1S/C15H23NO/c1-10-7-11(2)15(14(8-10)17-3)13(16)9-12-5-4-6-12/h7-8,12-13H,4-6,9,16H2,1-3H3. The molecule has 0 heterocycles. The van der Waals surface area contributed by atoms with Crippen molar-refractivity contribution in [1.82, 2.24) is 0 Å². The van der Waals surface area contributed by atoms with Gasteiger partial charge in [-0.3, -0.25) is 0 Å². The second-order valence-corrected chi connectivity index (χ2v) is 5.34. The second kappa shape index (κ2) is 5.09. The molecule has 2 nitrogen and oxygen atoms in total. The van der Waals surface area contributed by atoms with Crippen LogP contribution < -0.4 is 10.5 Å². The molecule has 2 heteroatoms. The summed E-state index contributed by atoms with van der Waals surface area (Å²) >= 11 is 0. The number of hydrogen-bond acceptors (Lipinski definition) is 2. The highest BCUT2D eigenvalue weighted by molar-refractivity contribution is 5.44. The number of hydrogen-bond donors (Lipinski definition) is 1. The fourth-order valence-corrected chi connectivity index (χ4v) is 2.79. The maximum Gasteiger partial charge on any atom is 0.124 e. The third-order valence-corrected chi connectivity index (χ3v) is 3.90. The van der Waals surface area contributed by atoms with Crippen LogP contribution in [0.15, 0.2) is 12.1 Å². The highest BCUT2D eigenvalue weighted by atomic mass is 16.5. The molecule has 17 heavy (non-hydrogen) atoms. The maximum atomic E-state index is 6.35. The molecule has 0 aromatic heterocycles. The number of ether oxygens (including phenoxy) is 1. The van der Waals surface area contributed by atoms with E-state index < -0.39 is 0 Å². The zero-order valence-electron chi connectivity index (χ0n) is 11.1. The number of rotatable bonds is 4. The van der Waals surface area contributed by atoms with Crippen LogP contribution in [0.5, 0.6) is 5.75 Å². The summed E-state index contributed by atoms with van der Waals surface area (Å²) in [5.74, 6) is 1.78. The highest BCUT2D eigenvalue weighted by Gasteiger charge is 2.23. The highest BCUT2D eigenvalue weighted by Crippen LogP contribution is 2.37. The van der Waals surface area contributed by atoms with Gasteiger partial charge in [0.05, 0.1) is 7.11 Å². The van der Waals surface area contributed by atoms with E-state index in [-0.39, 0.29) is 6.04 Å². The Morgan fingerprint density at radius 3 is 2.59 bits per heavy atom. The molecule has 0 bridgehead atoms. The van der Waals surface area contributed by atoms with Crippen LogP contribution in [-0.2, 0) is 0 Å². The van der Waals surface area contributed by atoms with Crippen LogP contribution in [0.3, 0.4) is 0 Å². The first-order valence-electron chi connectivity index (χ1n) is 6.52. The molecule has 1 aromatic rings. The Bertz CT molecular complexity index is 396. The van der Waals surface area contributed by atoms with Crippen LogP contribution in [-0.4, -0.2) is 7.11 Å². The predicted octanol–water partition coefficient (Wildman–Crippen LogP) is 3.50. The van der Waals surface area contributed by atoms with E-state index in [2.05, 4.69) is 26.0 Å². The first-order valence-corrected chi connectivity index (χ1v) is 6.52. The molecule has 2 N–H and O–H groups in total. The van der Waals surface area contributed by atoms with Crippen molar-refractivity contribution in [3.8, 4) is 5.75 Å². The summed E-state index contributed by atoms with van der Waals surface area (Å²) < 4.78 is 5.48. The lowest BCUT2D eigenvalue weighted by Gasteiger charge is -2.29. The topological polar surface area (TPSA) is 35.2 Å². The van der Waals surface area contributed by atoms with E-state index in [0.29, 0.717) is 0 Å². The van der Waals surface area contributed by atoms with Gasteiger partial charge in [-0.25, -0.2) is 0 Å². The molecule has 94 valence electrons. The molecule has 0 amide bonds. The molecule has 0 radical (unpaired) electrons. The third-order valence-electron chi connectivity index (χ3n) is 3.90. The lowest BCUT2D eigenvalue weighted by atomic mass is 9.79. The molecule has 1 aromatic carbocycles. The smallest absolute Gasteiger partial charge is 0.124 e. The van der Waals surface area contributed by atoms with Gasteiger partial charge in [0.1, 0.15) is 5.75 Å². The van der Waals surface area contributed by atoms with Crippen molar-refractivity contribution in [1.29, 1.82) is 0 Å². The normalized spacial score (nSPS) is 17.6. The largest absolute Gasteiger partial charge is 0.496 e. The van der Waals surface area contributed by atoms with Crippen molar-refractivity contribution in [2.45, 2.75) is 45.6 Å². The SMILES string of the molecule is COc1cc(C)cc(C)c1C(N)CC1CCC1. The molecule has 1 aliphatic carbocycles. The van der Waals surface area contributed by atoms with Gasteiger partial charge in [-0.15, -0.1) is 0 Å². The van der Waals surface area contributed by atoms with E-state index in [1.54, 1.807) is 7.11 Å². The van der Waals surface area contributed by atoms with Gasteiger partial charge in [-0.1, -0.05) is 25.3 Å². The molecule has 1 saturated carbocycles. The van der Waals surface area contributed by atoms with E-state index in [9.17, 15) is 0 Å². The zero-order valence-corrected chi connectivity index (χ0v) is 11.1.